The van der Waals surface area contributed by atoms with Crippen LogP contribution in [0.15, 0.2) is 65.6 Å². The summed E-state index contributed by atoms with van der Waals surface area (Å²) in [5, 5.41) is 2.32. The van der Waals surface area contributed by atoms with E-state index in [9.17, 15) is 18.8 Å². The average molecular weight is 571 g/mol. The molecular formula is C28H24ClFN2O6S. The highest BCUT2D eigenvalue weighted by molar-refractivity contribution is 8.18. The standard InChI is InChI=1S/C28H24ClFN2O6S/c1-3-37-21-10-8-20(9-11-21)31-25(33)15-32-27(34)24(39-28(32)35)14-18-12-22(29)26(23(13-18)36-2)38-16-17-4-6-19(30)7-5-17/h4-14H,3,15-16H2,1-2H3,(H,31,33)/b24-14+. The number of benzene rings is 3. The second kappa shape index (κ2) is 12.7. The number of imide groups is 1. The van der Waals surface area contributed by atoms with E-state index < -0.39 is 23.6 Å². The number of carbonyl (C=O) groups excluding carboxylic acids is 3. The number of carbonyl (C=O) groups is 3. The zero-order valence-corrected chi connectivity index (χ0v) is 22.6. The van der Waals surface area contributed by atoms with E-state index in [-0.39, 0.29) is 28.1 Å². The average Bonchev–Trinajstić information content (AvgIpc) is 3.17. The highest BCUT2D eigenvalue weighted by atomic mass is 35.5. The molecule has 0 atom stereocenters. The van der Waals surface area contributed by atoms with Crippen LogP contribution in [0.3, 0.4) is 0 Å². The Morgan fingerprint density at radius 3 is 2.46 bits per heavy atom. The molecule has 202 valence electrons. The quantitative estimate of drug-likeness (QED) is 0.293. The molecule has 39 heavy (non-hydrogen) atoms. The fourth-order valence-electron chi connectivity index (χ4n) is 3.63. The van der Waals surface area contributed by atoms with E-state index in [0.717, 1.165) is 22.2 Å². The normalized spacial score (nSPS) is 14.1. The Hall–Kier alpha value is -4.02. The van der Waals surface area contributed by atoms with Gasteiger partial charge in [-0.3, -0.25) is 19.3 Å². The van der Waals surface area contributed by atoms with Gasteiger partial charge in [-0.25, -0.2) is 4.39 Å². The molecular weight excluding hydrogens is 547 g/mol. The molecule has 0 aliphatic carbocycles. The van der Waals surface area contributed by atoms with Gasteiger partial charge in [0.1, 0.15) is 24.7 Å². The lowest BCUT2D eigenvalue weighted by atomic mass is 10.1. The lowest BCUT2D eigenvalue weighted by molar-refractivity contribution is -0.127. The maximum atomic E-state index is 13.1. The first-order valence-electron chi connectivity index (χ1n) is 11.8. The maximum absolute atomic E-state index is 13.1. The number of ether oxygens (including phenoxy) is 3. The van der Waals surface area contributed by atoms with Crippen LogP contribution in [0.5, 0.6) is 17.2 Å². The highest BCUT2D eigenvalue weighted by Crippen LogP contribution is 2.39. The van der Waals surface area contributed by atoms with E-state index in [0.29, 0.717) is 29.4 Å². The Bertz CT molecular complexity index is 1410. The van der Waals surface area contributed by atoms with Crippen molar-refractivity contribution in [3.05, 3.63) is 87.5 Å². The maximum Gasteiger partial charge on any atom is 0.294 e. The van der Waals surface area contributed by atoms with Crippen LogP contribution in [0.25, 0.3) is 6.08 Å². The topological polar surface area (TPSA) is 94.2 Å². The second-order valence-electron chi connectivity index (χ2n) is 8.22. The van der Waals surface area contributed by atoms with Gasteiger partial charge in [-0.05, 0) is 84.4 Å². The number of hydrogen-bond donors (Lipinski definition) is 1. The van der Waals surface area contributed by atoms with Crippen molar-refractivity contribution >= 4 is 52.2 Å². The molecule has 0 spiro atoms. The number of hydrogen-bond acceptors (Lipinski definition) is 7. The molecule has 1 aliphatic rings. The molecule has 0 aromatic heterocycles. The van der Waals surface area contributed by atoms with Gasteiger partial charge in [0.25, 0.3) is 11.1 Å². The predicted molar refractivity (Wildman–Crippen MR) is 148 cm³/mol. The molecule has 1 N–H and O–H groups in total. The Morgan fingerprint density at radius 2 is 1.79 bits per heavy atom. The fourth-order valence-corrected chi connectivity index (χ4v) is 4.74. The van der Waals surface area contributed by atoms with Gasteiger partial charge in [0.2, 0.25) is 5.91 Å². The number of thioether (sulfide) groups is 1. The van der Waals surface area contributed by atoms with E-state index in [1.807, 2.05) is 6.92 Å². The minimum Gasteiger partial charge on any atom is -0.494 e. The molecule has 1 heterocycles. The first-order valence-corrected chi connectivity index (χ1v) is 13.0. The van der Waals surface area contributed by atoms with Crippen molar-refractivity contribution in [3.8, 4) is 17.2 Å². The zero-order valence-electron chi connectivity index (χ0n) is 21.0. The number of halogens is 2. The molecule has 0 radical (unpaired) electrons. The van der Waals surface area contributed by atoms with E-state index in [2.05, 4.69) is 5.32 Å². The Morgan fingerprint density at radius 1 is 1.08 bits per heavy atom. The van der Waals surface area contributed by atoms with E-state index in [4.69, 9.17) is 25.8 Å². The van der Waals surface area contributed by atoms with Crippen molar-refractivity contribution in [2.75, 3.05) is 25.6 Å². The number of rotatable bonds is 10. The lowest BCUT2D eigenvalue weighted by Gasteiger charge is -2.14. The zero-order chi connectivity index (χ0) is 27.9. The Balaban J connectivity index is 1.43. The van der Waals surface area contributed by atoms with Crippen molar-refractivity contribution in [1.29, 1.82) is 0 Å². The third-order valence-electron chi connectivity index (χ3n) is 5.47. The van der Waals surface area contributed by atoms with Crippen LogP contribution in [0.4, 0.5) is 14.9 Å². The number of nitrogens with zero attached hydrogens (tertiary/aromatic N) is 1. The molecule has 11 heteroatoms. The summed E-state index contributed by atoms with van der Waals surface area (Å²) >= 11 is 7.15. The summed E-state index contributed by atoms with van der Waals surface area (Å²) in [5.74, 6) is -0.217. The van der Waals surface area contributed by atoms with Gasteiger partial charge < -0.3 is 19.5 Å². The highest BCUT2D eigenvalue weighted by Gasteiger charge is 2.36. The summed E-state index contributed by atoms with van der Waals surface area (Å²) in [4.78, 5) is 38.9. The van der Waals surface area contributed by atoms with Crippen LogP contribution >= 0.6 is 23.4 Å². The van der Waals surface area contributed by atoms with Gasteiger partial charge in [0, 0.05) is 5.69 Å². The summed E-state index contributed by atoms with van der Waals surface area (Å²) in [6.07, 6.45) is 1.49. The third-order valence-corrected chi connectivity index (χ3v) is 6.66. The molecule has 3 aromatic rings. The molecule has 0 bridgehead atoms. The smallest absolute Gasteiger partial charge is 0.294 e. The molecule has 8 nitrogen and oxygen atoms in total. The first kappa shape index (κ1) is 28.0. The molecule has 0 unspecified atom stereocenters. The van der Waals surface area contributed by atoms with Crippen LogP contribution < -0.4 is 19.5 Å². The number of methoxy groups -OCH3 is 1. The monoisotopic (exact) mass is 570 g/mol. The molecule has 3 aromatic carbocycles. The molecule has 1 aliphatic heterocycles. The van der Waals surface area contributed by atoms with Crippen molar-refractivity contribution in [3.63, 3.8) is 0 Å². The van der Waals surface area contributed by atoms with Gasteiger partial charge in [-0.15, -0.1) is 0 Å². The van der Waals surface area contributed by atoms with Crippen LogP contribution in [0, 0.1) is 5.82 Å². The van der Waals surface area contributed by atoms with Crippen LogP contribution in [-0.4, -0.2) is 42.2 Å². The third kappa shape index (κ3) is 7.10. The van der Waals surface area contributed by atoms with E-state index in [1.165, 1.54) is 25.3 Å². The van der Waals surface area contributed by atoms with Gasteiger partial charge in [-0.1, -0.05) is 23.7 Å². The van der Waals surface area contributed by atoms with Crippen molar-refractivity contribution in [2.45, 2.75) is 13.5 Å². The summed E-state index contributed by atoms with van der Waals surface area (Å²) in [6, 6.07) is 15.8. The summed E-state index contributed by atoms with van der Waals surface area (Å²) in [7, 11) is 1.44. The van der Waals surface area contributed by atoms with Crippen molar-refractivity contribution in [2.24, 2.45) is 0 Å². The van der Waals surface area contributed by atoms with Crippen LogP contribution in [0.1, 0.15) is 18.1 Å². The Kier molecular flexibility index (Phi) is 9.11. The predicted octanol–water partition coefficient (Wildman–Crippen LogP) is 6.14. The number of amides is 3. The Labute approximate surface area is 233 Å². The minimum absolute atomic E-state index is 0.131. The van der Waals surface area contributed by atoms with Gasteiger partial charge in [0.05, 0.1) is 23.6 Å². The van der Waals surface area contributed by atoms with Crippen LogP contribution in [-0.2, 0) is 16.2 Å². The first-order chi connectivity index (χ1) is 18.8. The van der Waals surface area contributed by atoms with Gasteiger partial charge in [0.15, 0.2) is 11.5 Å². The molecule has 1 saturated heterocycles. The summed E-state index contributed by atoms with van der Waals surface area (Å²) in [6.45, 7) is 2.09. The molecule has 3 amide bonds. The van der Waals surface area contributed by atoms with Gasteiger partial charge in [-0.2, -0.15) is 0 Å². The molecule has 1 fully saturated rings. The van der Waals surface area contributed by atoms with E-state index >= 15 is 0 Å². The summed E-state index contributed by atoms with van der Waals surface area (Å²) in [5.41, 5.74) is 1.74. The number of nitrogens with one attached hydrogen (secondary N) is 1. The second-order valence-corrected chi connectivity index (χ2v) is 9.62. The van der Waals surface area contributed by atoms with Gasteiger partial charge >= 0.3 is 0 Å². The fraction of sp³-hybridized carbons (Fsp3) is 0.179. The largest absolute Gasteiger partial charge is 0.494 e. The van der Waals surface area contributed by atoms with Crippen LogP contribution in [0.2, 0.25) is 5.02 Å². The number of anilines is 1. The SMILES string of the molecule is CCOc1ccc(NC(=O)CN2C(=O)S/C(=C/c3cc(Cl)c(OCc4ccc(F)cc4)c(OC)c3)C2=O)cc1. The molecule has 0 saturated carbocycles. The minimum atomic E-state index is -0.599. The lowest BCUT2D eigenvalue weighted by Crippen LogP contribution is -2.36. The summed E-state index contributed by atoms with van der Waals surface area (Å²) < 4.78 is 29.7. The van der Waals surface area contributed by atoms with Crippen molar-refractivity contribution < 1.29 is 33.0 Å². The van der Waals surface area contributed by atoms with Crippen molar-refractivity contribution in [1.82, 2.24) is 4.90 Å². The molecule has 4 rings (SSSR count). The van der Waals surface area contributed by atoms with E-state index in [1.54, 1.807) is 48.5 Å².